The summed E-state index contributed by atoms with van der Waals surface area (Å²) in [5.41, 5.74) is 0.117. The van der Waals surface area contributed by atoms with Gasteiger partial charge in [0.1, 0.15) is 17.2 Å². The van der Waals surface area contributed by atoms with Crippen molar-refractivity contribution in [3.63, 3.8) is 0 Å². The van der Waals surface area contributed by atoms with Crippen LogP contribution in [0, 0.1) is 0 Å². The normalized spacial score (nSPS) is 11.5. The summed E-state index contributed by atoms with van der Waals surface area (Å²) in [6.07, 6.45) is 3.22. The SMILES string of the molecule is CCCCCC(OC)(OC)N(Cc1ccc(OC(C)(C)C(=O)OCC)cc1)C(=O)Nc1ccc(OC)cc1OC. The maximum Gasteiger partial charge on any atom is 0.349 e. The maximum absolute atomic E-state index is 13.8. The van der Waals surface area contributed by atoms with E-state index in [4.69, 9.17) is 28.4 Å². The lowest BCUT2D eigenvalue weighted by Gasteiger charge is -2.41. The quantitative estimate of drug-likeness (QED) is 0.152. The third-order valence-electron chi connectivity index (χ3n) is 6.44. The van der Waals surface area contributed by atoms with Gasteiger partial charge in [0.15, 0.2) is 5.60 Å². The molecule has 2 rings (SSSR count). The summed E-state index contributed by atoms with van der Waals surface area (Å²) in [4.78, 5) is 27.6. The lowest BCUT2D eigenvalue weighted by molar-refractivity contribution is -0.284. The molecule has 2 amide bonds. The van der Waals surface area contributed by atoms with E-state index in [9.17, 15) is 9.59 Å². The first-order valence-corrected chi connectivity index (χ1v) is 13.5. The van der Waals surface area contributed by atoms with Crippen molar-refractivity contribution in [3.05, 3.63) is 48.0 Å². The van der Waals surface area contributed by atoms with Gasteiger partial charge in [-0.25, -0.2) is 9.59 Å². The molecular formula is C30H44N2O8. The van der Waals surface area contributed by atoms with Crippen molar-refractivity contribution in [2.45, 2.75) is 71.4 Å². The first-order valence-electron chi connectivity index (χ1n) is 13.5. The predicted molar refractivity (Wildman–Crippen MR) is 153 cm³/mol. The minimum absolute atomic E-state index is 0.166. The number of methoxy groups -OCH3 is 4. The molecule has 40 heavy (non-hydrogen) atoms. The molecule has 0 atom stereocenters. The average Bonchev–Trinajstić information content (AvgIpc) is 2.95. The number of carbonyl (C=O) groups is 2. The molecule has 0 unspecified atom stereocenters. The molecule has 0 radical (unpaired) electrons. The van der Waals surface area contributed by atoms with Gasteiger partial charge in [0.25, 0.3) is 5.91 Å². The topological polar surface area (TPSA) is 105 Å². The number of unbranched alkanes of at least 4 members (excludes halogenated alkanes) is 2. The smallest absolute Gasteiger partial charge is 0.349 e. The Labute approximate surface area is 237 Å². The third kappa shape index (κ3) is 8.50. The van der Waals surface area contributed by atoms with E-state index in [0.29, 0.717) is 29.4 Å². The highest BCUT2D eigenvalue weighted by atomic mass is 16.7. The van der Waals surface area contributed by atoms with Gasteiger partial charge < -0.3 is 33.7 Å². The molecule has 0 saturated heterocycles. The van der Waals surface area contributed by atoms with Gasteiger partial charge in [-0.15, -0.1) is 0 Å². The highest BCUT2D eigenvalue weighted by Gasteiger charge is 2.40. The molecule has 0 heterocycles. The number of hydrogen-bond acceptors (Lipinski definition) is 8. The lowest BCUT2D eigenvalue weighted by Crippen LogP contribution is -2.55. The van der Waals surface area contributed by atoms with Gasteiger partial charge in [0, 0.05) is 26.7 Å². The van der Waals surface area contributed by atoms with E-state index >= 15 is 0 Å². The lowest BCUT2D eigenvalue weighted by atomic mass is 10.1. The van der Waals surface area contributed by atoms with E-state index in [2.05, 4.69) is 12.2 Å². The minimum Gasteiger partial charge on any atom is -0.497 e. The molecule has 222 valence electrons. The number of amides is 2. The number of anilines is 1. The van der Waals surface area contributed by atoms with Crippen molar-refractivity contribution in [3.8, 4) is 17.2 Å². The molecule has 0 saturated carbocycles. The number of benzene rings is 2. The van der Waals surface area contributed by atoms with E-state index in [-0.39, 0.29) is 13.2 Å². The van der Waals surface area contributed by atoms with Gasteiger partial charge in [-0.1, -0.05) is 31.9 Å². The summed E-state index contributed by atoms with van der Waals surface area (Å²) < 4.78 is 33.5. The second kappa shape index (κ2) is 15.3. The second-order valence-electron chi connectivity index (χ2n) is 9.64. The van der Waals surface area contributed by atoms with E-state index in [0.717, 1.165) is 24.8 Å². The van der Waals surface area contributed by atoms with Crippen LogP contribution in [0.4, 0.5) is 10.5 Å². The van der Waals surface area contributed by atoms with Crippen molar-refractivity contribution >= 4 is 17.7 Å². The molecule has 10 heteroatoms. The van der Waals surface area contributed by atoms with Crippen LogP contribution in [0.2, 0.25) is 0 Å². The Morgan fingerprint density at radius 2 is 1.52 bits per heavy atom. The Bertz CT molecular complexity index is 1080. The van der Waals surface area contributed by atoms with Crippen LogP contribution in [0.5, 0.6) is 17.2 Å². The number of nitrogens with one attached hydrogen (secondary N) is 1. The molecule has 0 fully saturated rings. The molecule has 2 aromatic rings. The molecule has 2 aromatic carbocycles. The van der Waals surface area contributed by atoms with Gasteiger partial charge in [0.2, 0.25) is 0 Å². The number of ether oxygens (including phenoxy) is 6. The minimum atomic E-state index is -1.32. The Kier molecular flexibility index (Phi) is 12.5. The number of esters is 1. The summed E-state index contributed by atoms with van der Waals surface area (Å²) in [7, 11) is 6.13. The van der Waals surface area contributed by atoms with Crippen LogP contribution in [0.15, 0.2) is 42.5 Å². The van der Waals surface area contributed by atoms with E-state index in [1.807, 2.05) is 12.1 Å². The summed E-state index contributed by atoms with van der Waals surface area (Å²) in [5, 5.41) is 2.93. The standard InChI is InChI=1S/C30H44N2O8/c1-9-11-12-19-30(37-7,38-8)32(28(34)31-25-18-17-24(35-5)20-26(25)36-6)21-22-13-15-23(16-14-22)40-29(3,4)27(33)39-10-2/h13-18,20H,9-12,19,21H2,1-8H3,(H,31,34). The van der Waals surface area contributed by atoms with Gasteiger partial charge in [-0.05, 0) is 57.0 Å². The monoisotopic (exact) mass is 560 g/mol. The number of nitrogens with zero attached hydrogens (tertiary/aromatic N) is 1. The van der Waals surface area contributed by atoms with Crippen molar-refractivity contribution < 1.29 is 38.0 Å². The van der Waals surface area contributed by atoms with Crippen LogP contribution in [0.3, 0.4) is 0 Å². The Morgan fingerprint density at radius 3 is 2.08 bits per heavy atom. The number of carbonyl (C=O) groups excluding carboxylic acids is 2. The number of hydrogen-bond donors (Lipinski definition) is 1. The Hall–Kier alpha value is -3.50. The molecule has 0 bridgehead atoms. The summed E-state index contributed by atoms with van der Waals surface area (Å²) in [6, 6.07) is 11.8. The molecule has 0 aliphatic rings. The maximum atomic E-state index is 13.8. The zero-order valence-corrected chi connectivity index (χ0v) is 25.0. The van der Waals surface area contributed by atoms with Crippen LogP contribution in [-0.2, 0) is 25.5 Å². The molecule has 0 aliphatic heterocycles. The molecule has 0 aliphatic carbocycles. The first-order chi connectivity index (χ1) is 19.1. The van der Waals surface area contributed by atoms with Crippen molar-refractivity contribution in [1.29, 1.82) is 0 Å². The summed E-state index contributed by atoms with van der Waals surface area (Å²) in [6.45, 7) is 7.59. The fourth-order valence-electron chi connectivity index (χ4n) is 4.16. The van der Waals surface area contributed by atoms with E-state index in [1.165, 1.54) is 26.2 Å². The first kappa shape index (κ1) is 32.7. The average molecular weight is 561 g/mol. The van der Waals surface area contributed by atoms with Gasteiger partial charge in [-0.2, -0.15) is 0 Å². The molecule has 0 spiro atoms. The Morgan fingerprint density at radius 1 is 0.875 bits per heavy atom. The van der Waals surface area contributed by atoms with Crippen LogP contribution >= 0.6 is 0 Å². The fourth-order valence-corrected chi connectivity index (χ4v) is 4.16. The zero-order chi connectivity index (χ0) is 29.8. The predicted octanol–water partition coefficient (Wildman–Crippen LogP) is 5.99. The molecule has 1 N–H and O–H groups in total. The van der Waals surface area contributed by atoms with Crippen molar-refractivity contribution in [2.24, 2.45) is 0 Å². The van der Waals surface area contributed by atoms with E-state index < -0.39 is 23.5 Å². The van der Waals surface area contributed by atoms with Crippen molar-refractivity contribution in [1.82, 2.24) is 4.90 Å². The van der Waals surface area contributed by atoms with Gasteiger partial charge >= 0.3 is 12.0 Å². The van der Waals surface area contributed by atoms with E-state index in [1.54, 1.807) is 58.2 Å². The second-order valence-corrected chi connectivity index (χ2v) is 9.64. The fraction of sp³-hybridized carbons (Fsp3) is 0.533. The largest absolute Gasteiger partial charge is 0.497 e. The van der Waals surface area contributed by atoms with Crippen molar-refractivity contribution in [2.75, 3.05) is 40.4 Å². The third-order valence-corrected chi connectivity index (χ3v) is 6.44. The highest BCUT2D eigenvalue weighted by molar-refractivity contribution is 5.91. The summed E-state index contributed by atoms with van der Waals surface area (Å²) >= 11 is 0. The van der Waals surface area contributed by atoms with Gasteiger partial charge in [0.05, 0.1) is 33.1 Å². The molecule has 10 nitrogen and oxygen atoms in total. The highest BCUT2D eigenvalue weighted by Crippen LogP contribution is 2.32. The number of urea groups is 1. The Balaban J connectivity index is 2.37. The summed E-state index contributed by atoms with van der Waals surface area (Å²) in [5.74, 6) is -0.228. The molecular weight excluding hydrogens is 516 g/mol. The number of rotatable bonds is 16. The van der Waals surface area contributed by atoms with Crippen LogP contribution in [-0.4, -0.2) is 63.5 Å². The van der Waals surface area contributed by atoms with Crippen LogP contribution < -0.4 is 19.5 Å². The zero-order valence-electron chi connectivity index (χ0n) is 25.0. The molecule has 0 aromatic heterocycles. The van der Waals surface area contributed by atoms with Crippen LogP contribution in [0.25, 0.3) is 0 Å². The van der Waals surface area contributed by atoms with Crippen LogP contribution in [0.1, 0.15) is 58.9 Å². The van der Waals surface area contributed by atoms with Gasteiger partial charge in [-0.3, -0.25) is 4.90 Å².